The van der Waals surface area contributed by atoms with Crippen molar-refractivity contribution in [3.63, 3.8) is 0 Å². The number of Topliss-reactive ketones (excluding diaryl/α,β-unsaturated/α-hetero) is 1. The fraction of sp³-hybridized carbons (Fsp3) is 0.593. The van der Waals surface area contributed by atoms with E-state index in [0.717, 1.165) is 0 Å². The summed E-state index contributed by atoms with van der Waals surface area (Å²) in [5.74, 6) is -4.60. The number of nitro groups is 1. The lowest BCUT2D eigenvalue weighted by Crippen LogP contribution is -2.50. The lowest BCUT2D eigenvalue weighted by molar-refractivity contribution is -0.384. The number of nitrogens with zero attached hydrogens (tertiary/aromatic N) is 5. The summed E-state index contributed by atoms with van der Waals surface area (Å²) in [5.41, 5.74) is 0.463. The number of aliphatic carboxylic acids is 4. The van der Waals surface area contributed by atoms with E-state index < -0.39 is 41.4 Å². The highest BCUT2D eigenvalue weighted by atomic mass is 16.6. The minimum Gasteiger partial charge on any atom is -0.480 e. The van der Waals surface area contributed by atoms with Crippen molar-refractivity contribution < 1.29 is 49.3 Å². The first-order chi connectivity index (χ1) is 20.3. The first kappa shape index (κ1) is 35.2. The quantitative estimate of drug-likeness (QED) is 0.158. The van der Waals surface area contributed by atoms with E-state index >= 15 is 0 Å². The summed E-state index contributed by atoms with van der Waals surface area (Å²) in [6.07, 6.45) is 0.633. The van der Waals surface area contributed by atoms with Crippen LogP contribution in [0.4, 0.5) is 5.69 Å². The molecule has 0 amide bonds. The molecular formula is C27H39N5O11. The van der Waals surface area contributed by atoms with Crippen molar-refractivity contribution in [2.45, 2.75) is 31.7 Å². The van der Waals surface area contributed by atoms with E-state index in [1.54, 1.807) is 19.6 Å². The molecule has 1 aliphatic rings. The second kappa shape index (κ2) is 17.8. The second-order valence-corrected chi connectivity index (χ2v) is 10.5. The van der Waals surface area contributed by atoms with Crippen LogP contribution >= 0.6 is 0 Å². The summed E-state index contributed by atoms with van der Waals surface area (Å²) in [4.78, 5) is 76.2. The number of hydrogen-bond acceptors (Lipinski definition) is 11. The van der Waals surface area contributed by atoms with E-state index in [4.69, 9.17) is 0 Å². The first-order valence-electron chi connectivity index (χ1n) is 13.9. The molecule has 0 bridgehead atoms. The summed E-state index contributed by atoms with van der Waals surface area (Å²) in [7, 11) is 0. The van der Waals surface area contributed by atoms with Gasteiger partial charge in [-0.05, 0) is 18.4 Å². The van der Waals surface area contributed by atoms with Crippen LogP contribution in [0.25, 0.3) is 0 Å². The van der Waals surface area contributed by atoms with Crippen LogP contribution in [0.3, 0.4) is 0 Å². The molecule has 0 aliphatic carbocycles. The average molecular weight is 610 g/mol. The summed E-state index contributed by atoms with van der Waals surface area (Å²) < 4.78 is 0. The standard InChI is InChI=1S/C27H39N5O11/c33-23(14-20-2-4-21(5-3-20)32(42)43)7-6-22-15-30(18-26(38)39)11-10-28(16-24(34)35)8-1-9-29(17-25(36)37)12-13-31(22)19-27(40)41/h2-5,22H,1,6-19H2,(H,34,35)(H,36,37)(H,38,39)(H,40,41). The second-order valence-electron chi connectivity index (χ2n) is 10.5. The Hall–Kier alpha value is -3.99. The van der Waals surface area contributed by atoms with Crippen molar-refractivity contribution >= 4 is 35.3 Å². The lowest BCUT2D eigenvalue weighted by atomic mass is 10.0. The number of carbonyl (C=O) groups excluding carboxylic acids is 1. The molecule has 0 aromatic heterocycles. The Bertz CT molecular complexity index is 1130. The van der Waals surface area contributed by atoms with Gasteiger partial charge in [-0.25, -0.2) is 0 Å². The van der Waals surface area contributed by atoms with Crippen molar-refractivity contribution in [2.75, 3.05) is 72.0 Å². The minimum absolute atomic E-state index is 0.000969. The molecule has 0 spiro atoms. The van der Waals surface area contributed by atoms with Crippen molar-refractivity contribution in [1.29, 1.82) is 0 Å². The number of carbonyl (C=O) groups is 5. The Morgan fingerprint density at radius 2 is 1.21 bits per heavy atom. The molecule has 1 saturated heterocycles. The zero-order valence-corrected chi connectivity index (χ0v) is 23.9. The summed E-state index contributed by atoms with van der Waals surface area (Å²) in [6, 6.07) is 4.97. The normalized spacial score (nSPS) is 18.6. The Balaban J connectivity index is 2.30. The van der Waals surface area contributed by atoms with E-state index in [9.17, 15) is 54.5 Å². The number of carboxylic acid groups (broad SMARTS) is 4. The third-order valence-electron chi connectivity index (χ3n) is 7.09. The molecule has 1 aromatic rings. The number of hydrogen-bond donors (Lipinski definition) is 4. The van der Waals surface area contributed by atoms with Crippen molar-refractivity contribution in [3.05, 3.63) is 39.9 Å². The van der Waals surface area contributed by atoms with Gasteiger partial charge in [0.15, 0.2) is 0 Å². The van der Waals surface area contributed by atoms with E-state index in [-0.39, 0.29) is 83.1 Å². The van der Waals surface area contributed by atoms with Gasteiger partial charge >= 0.3 is 23.9 Å². The highest BCUT2D eigenvalue weighted by Gasteiger charge is 2.27. The molecule has 16 nitrogen and oxygen atoms in total. The van der Waals surface area contributed by atoms with Gasteiger partial charge in [-0.2, -0.15) is 0 Å². The largest absolute Gasteiger partial charge is 0.480 e. The van der Waals surface area contributed by atoms with Gasteiger partial charge < -0.3 is 20.4 Å². The summed E-state index contributed by atoms with van der Waals surface area (Å²) in [6.45, 7) is 0.0396. The van der Waals surface area contributed by atoms with E-state index in [1.807, 2.05) is 0 Å². The minimum atomic E-state index is -1.14. The molecule has 4 N–H and O–H groups in total. The van der Waals surface area contributed by atoms with Crippen LogP contribution in [0.1, 0.15) is 24.8 Å². The first-order valence-corrected chi connectivity index (χ1v) is 13.9. The highest BCUT2D eigenvalue weighted by Crippen LogP contribution is 2.16. The van der Waals surface area contributed by atoms with Crippen LogP contribution in [-0.2, 0) is 30.4 Å². The van der Waals surface area contributed by atoms with Crippen LogP contribution < -0.4 is 0 Å². The van der Waals surface area contributed by atoms with Crippen molar-refractivity contribution in [3.8, 4) is 0 Å². The van der Waals surface area contributed by atoms with Crippen molar-refractivity contribution in [1.82, 2.24) is 19.6 Å². The van der Waals surface area contributed by atoms with Crippen LogP contribution in [0.5, 0.6) is 0 Å². The Morgan fingerprint density at radius 1 is 0.721 bits per heavy atom. The molecule has 0 radical (unpaired) electrons. The fourth-order valence-corrected chi connectivity index (χ4v) is 5.05. The van der Waals surface area contributed by atoms with Gasteiger partial charge in [0.1, 0.15) is 5.78 Å². The van der Waals surface area contributed by atoms with Gasteiger partial charge in [0.05, 0.1) is 31.1 Å². The maximum atomic E-state index is 12.9. The van der Waals surface area contributed by atoms with E-state index in [1.165, 1.54) is 24.3 Å². The van der Waals surface area contributed by atoms with Crippen LogP contribution in [0.15, 0.2) is 24.3 Å². The molecule has 43 heavy (non-hydrogen) atoms. The lowest BCUT2D eigenvalue weighted by Gasteiger charge is -2.35. The molecule has 0 saturated carbocycles. The number of benzene rings is 1. The van der Waals surface area contributed by atoms with Crippen LogP contribution in [0.2, 0.25) is 0 Å². The number of carboxylic acids is 4. The molecule has 1 aliphatic heterocycles. The molecule has 1 atom stereocenters. The SMILES string of the molecule is O=C(O)CN1CCCN(CC(=O)O)CCN(CC(=O)O)C(CCC(=O)Cc2ccc([N+](=O)[O-])cc2)CN(CC(=O)O)CC1. The Labute approximate surface area is 248 Å². The Morgan fingerprint density at radius 3 is 1.72 bits per heavy atom. The average Bonchev–Trinajstić information content (AvgIpc) is 2.91. The molecule has 2 rings (SSSR count). The predicted molar refractivity (Wildman–Crippen MR) is 151 cm³/mol. The van der Waals surface area contributed by atoms with Crippen LogP contribution in [-0.4, -0.2) is 153 Å². The fourth-order valence-electron chi connectivity index (χ4n) is 5.05. The molecule has 238 valence electrons. The number of nitro benzene ring substituents is 1. The van der Waals surface area contributed by atoms with Gasteiger partial charge in [-0.3, -0.25) is 53.7 Å². The maximum Gasteiger partial charge on any atom is 0.317 e. The molecule has 1 unspecified atom stereocenters. The van der Waals surface area contributed by atoms with Gasteiger partial charge in [-0.15, -0.1) is 0 Å². The van der Waals surface area contributed by atoms with Crippen molar-refractivity contribution in [2.24, 2.45) is 0 Å². The van der Waals surface area contributed by atoms with Gasteiger partial charge in [0, 0.05) is 76.8 Å². The molecule has 1 heterocycles. The zero-order chi connectivity index (χ0) is 31.9. The highest BCUT2D eigenvalue weighted by molar-refractivity contribution is 5.81. The van der Waals surface area contributed by atoms with Gasteiger partial charge in [0.2, 0.25) is 0 Å². The topological polar surface area (TPSA) is 222 Å². The smallest absolute Gasteiger partial charge is 0.317 e. The summed E-state index contributed by atoms with van der Waals surface area (Å²) >= 11 is 0. The third-order valence-corrected chi connectivity index (χ3v) is 7.09. The number of rotatable bonds is 14. The molecule has 16 heteroatoms. The third kappa shape index (κ3) is 14.2. The predicted octanol–water partition coefficient (Wildman–Crippen LogP) is -0.195. The van der Waals surface area contributed by atoms with Gasteiger partial charge in [-0.1, -0.05) is 12.1 Å². The Kier molecular flexibility index (Phi) is 14.6. The number of ketones is 1. The summed E-state index contributed by atoms with van der Waals surface area (Å²) in [5, 5.41) is 48.8. The molecule has 1 aromatic carbocycles. The zero-order valence-electron chi connectivity index (χ0n) is 23.9. The number of non-ortho nitro benzene ring substituents is 1. The van der Waals surface area contributed by atoms with Gasteiger partial charge in [0.25, 0.3) is 5.69 Å². The van der Waals surface area contributed by atoms with E-state index in [2.05, 4.69) is 0 Å². The maximum absolute atomic E-state index is 12.9. The monoisotopic (exact) mass is 609 g/mol. The van der Waals surface area contributed by atoms with Crippen LogP contribution in [0, 0.1) is 10.1 Å². The van der Waals surface area contributed by atoms with E-state index in [0.29, 0.717) is 25.1 Å². The molecular weight excluding hydrogens is 570 g/mol. The molecule has 1 fully saturated rings.